The van der Waals surface area contributed by atoms with E-state index < -0.39 is 15.7 Å². The van der Waals surface area contributed by atoms with Gasteiger partial charge in [-0.3, -0.25) is 4.79 Å². The first kappa shape index (κ1) is 16.5. The molecule has 0 fully saturated rings. The molecular weight excluding hydrogens is 324 g/mol. The second-order valence-corrected chi connectivity index (χ2v) is 7.26. The summed E-state index contributed by atoms with van der Waals surface area (Å²) in [6.07, 6.45) is -0.150. The molecule has 2 rings (SSSR count). The summed E-state index contributed by atoms with van der Waals surface area (Å²) in [5.41, 5.74) is 1.63. The lowest BCUT2D eigenvalue weighted by Gasteiger charge is -2.08. The van der Waals surface area contributed by atoms with Gasteiger partial charge >= 0.3 is 0 Å². The minimum absolute atomic E-state index is 0.150. The molecule has 0 aliphatic heterocycles. The maximum Gasteiger partial charge on any atom is 0.226 e. The minimum Gasteiger partial charge on any atom is -0.311 e. The van der Waals surface area contributed by atoms with E-state index in [1.54, 1.807) is 18.2 Å². The third kappa shape index (κ3) is 3.84. The lowest BCUT2D eigenvalue weighted by molar-refractivity contribution is -0.115. The Morgan fingerprint density at radius 3 is 2.77 bits per heavy atom. The molecule has 1 amide bonds. The monoisotopic (exact) mass is 338 g/mol. The van der Waals surface area contributed by atoms with Gasteiger partial charge in [0, 0.05) is 22.2 Å². The molecule has 0 atom stereocenters. The standard InChI is InChI=1S/C15H15ClN2O3S/c1-3-22(20,21)9-8-14(19)17-13-7-5-11-12(16)6-4-10(2)15(11)18-13/h3-7H,1,8-9H2,2H3,(H,17,18,19). The third-order valence-electron chi connectivity index (χ3n) is 3.14. The zero-order valence-electron chi connectivity index (χ0n) is 12.0. The predicted octanol–water partition coefficient (Wildman–Crippen LogP) is 3.08. The average molecular weight is 339 g/mol. The van der Waals surface area contributed by atoms with E-state index in [1.165, 1.54) is 0 Å². The Kier molecular flexibility index (Phi) is 4.83. The predicted molar refractivity (Wildman–Crippen MR) is 88.7 cm³/mol. The zero-order valence-corrected chi connectivity index (χ0v) is 13.5. The highest BCUT2D eigenvalue weighted by atomic mass is 35.5. The molecule has 0 aliphatic rings. The van der Waals surface area contributed by atoms with Crippen LogP contribution >= 0.6 is 11.6 Å². The van der Waals surface area contributed by atoms with Crippen LogP contribution < -0.4 is 5.32 Å². The second-order valence-electron chi connectivity index (χ2n) is 4.79. The highest BCUT2D eigenvalue weighted by molar-refractivity contribution is 7.94. The van der Waals surface area contributed by atoms with Crippen LogP contribution in [-0.4, -0.2) is 25.1 Å². The van der Waals surface area contributed by atoms with Gasteiger partial charge in [-0.25, -0.2) is 13.4 Å². The van der Waals surface area contributed by atoms with E-state index in [9.17, 15) is 13.2 Å². The summed E-state index contributed by atoms with van der Waals surface area (Å²) in [6.45, 7) is 5.10. The van der Waals surface area contributed by atoms with Crippen LogP contribution in [0.25, 0.3) is 10.9 Å². The van der Waals surface area contributed by atoms with E-state index in [4.69, 9.17) is 11.6 Å². The fraction of sp³-hybridized carbons (Fsp3) is 0.200. The fourth-order valence-electron chi connectivity index (χ4n) is 1.91. The Labute approximate surface area is 133 Å². The lowest BCUT2D eigenvalue weighted by Crippen LogP contribution is -2.16. The summed E-state index contributed by atoms with van der Waals surface area (Å²) in [5.74, 6) is -0.336. The number of halogens is 1. The Hall–Kier alpha value is -1.92. The van der Waals surface area contributed by atoms with Crippen molar-refractivity contribution in [3.05, 3.63) is 46.8 Å². The molecule has 22 heavy (non-hydrogen) atoms. The molecule has 0 aliphatic carbocycles. The number of anilines is 1. The highest BCUT2D eigenvalue weighted by Crippen LogP contribution is 2.26. The maximum absolute atomic E-state index is 11.8. The molecule has 7 heteroatoms. The van der Waals surface area contributed by atoms with Crippen LogP contribution in [0.3, 0.4) is 0 Å². The van der Waals surface area contributed by atoms with Gasteiger partial charge in [0.15, 0.2) is 9.84 Å². The summed E-state index contributed by atoms with van der Waals surface area (Å²) >= 11 is 6.10. The number of carbonyl (C=O) groups excluding carboxylic acids is 1. The molecular formula is C15H15ClN2O3S. The number of pyridine rings is 1. The number of benzene rings is 1. The number of carbonyl (C=O) groups is 1. The van der Waals surface area contributed by atoms with Gasteiger partial charge in [-0.15, -0.1) is 0 Å². The quantitative estimate of drug-likeness (QED) is 0.908. The first-order chi connectivity index (χ1) is 10.3. The van der Waals surface area contributed by atoms with Crippen LogP contribution in [0.15, 0.2) is 36.3 Å². The van der Waals surface area contributed by atoms with Gasteiger partial charge in [-0.1, -0.05) is 24.2 Å². The zero-order chi connectivity index (χ0) is 16.3. The van der Waals surface area contributed by atoms with E-state index in [-0.39, 0.29) is 12.2 Å². The molecule has 1 aromatic heterocycles. The summed E-state index contributed by atoms with van der Waals surface area (Å²) < 4.78 is 22.6. The number of rotatable bonds is 5. The molecule has 0 spiro atoms. The first-order valence-corrected chi connectivity index (χ1v) is 8.62. The van der Waals surface area contributed by atoms with E-state index in [1.807, 2.05) is 13.0 Å². The van der Waals surface area contributed by atoms with Crippen molar-refractivity contribution in [1.82, 2.24) is 4.98 Å². The number of aromatic nitrogens is 1. The van der Waals surface area contributed by atoms with Crippen molar-refractivity contribution in [3.63, 3.8) is 0 Å². The SMILES string of the molecule is C=CS(=O)(=O)CCC(=O)Nc1ccc2c(Cl)ccc(C)c2n1. The van der Waals surface area contributed by atoms with E-state index in [0.29, 0.717) is 16.4 Å². The topological polar surface area (TPSA) is 76.1 Å². The molecule has 0 radical (unpaired) electrons. The minimum atomic E-state index is -3.39. The van der Waals surface area contributed by atoms with Crippen molar-refractivity contribution >= 4 is 44.1 Å². The number of hydrogen-bond donors (Lipinski definition) is 1. The van der Waals surface area contributed by atoms with Gasteiger partial charge in [0.05, 0.1) is 11.3 Å². The summed E-state index contributed by atoms with van der Waals surface area (Å²) in [5, 5.41) is 4.82. The molecule has 1 aromatic carbocycles. The van der Waals surface area contributed by atoms with Gasteiger partial charge in [0.2, 0.25) is 5.91 Å². The molecule has 1 N–H and O–H groups in total. The van der Waals surface area contributed by atoms with Gasteiger partial charge in [-0.05, 0) is 30.7 Å². The van der Waals surface area contributed by atoms with Crippen LogP contribution in [0.1, 0.15) is 12.0 Å². The van der Waals surface area contributed by atoms with E-state index in [0.717, 1.165) is 16.4 Å². The van der Waals surface area contributed by atoms with Crippen LogP contribution in [0, 0.1) is 6.92 Å². The van der Waals surface area contributed by atoms with Crippen molar-refractivity contribution in [3.8, 4) is 0 Å². The molecule has 116 valence electrons. The summed E-state index contributed by atoms with van der Waals surface area (Å²) in [7, 11) is -3.39. The average Bonchev–Trinajstić information content (AvgIpc) is 2.49. The van der Waals surface area contributed by atoms with Crippen molar-refractivity contribution in [1.29, 1.82) is 0 Å². The summed E-state index contributed by atoms with van der Waals surface area (Å²) in [6, 6.07) is 7.04. The number of hydrogen-bond acceptors (Lipinski definition) is 4. The molecule has 1 heterocycles. The second kappa shape index (κ2) is 6.46. The molecule has 0 unspecified atom stereocenters. The van der Waals surface area contributed by atoms with Gasteiger partial charge in [0.1, 0.15) is 5.82 Å². The Balaban J connectivity index is 2.17. The van der Waals surface area contributed by atoms with Crippen LogP contribution in [0.4, 0.5) is 5.82 Å². The first-order valence-electron chi connectivity index (χ1n) is 6.53. The molecule has 5 nitrogen and oxygen atoms in total. The number of aryl methyl sites for hydroxylation is 1. The van der Waals surface area contributed by atoms with Crippen molar-refractivity contribution in [2.45, 2.75) is 13.3 Å². The van der Waals surface area contributed by atoms with Gasteiger partial charge < -0.3 is 5.32 Å². The highest BCUT2D eigenvalue weighted by Gasteiger charge is 2.11. The number of nitrogens with one attached hydrogen (secondary N) is 1. The Morgan fingerprint density at radius 1 is 1.36 bits per heavy atom. The number of nitrogens with zero attached hydrogens (tertiary/aromatic N) is 1. The largest absolute Gasteiger partial charge is 0.311 e. The fourth-order valence-corrected chi connectivity index (χ4v) is 2.76. The van der Waals surface area contributed by atoms with E-state index >= 15 is 0 Å². The molecule has 2 aromatic rings. The van der Waals surface area contributed by atoms with Crippen LogP contribution in [-0.2, 0) is 14.6 Å². The van der Waals surface area contributed by atoms with Gasteiger partial charge in [-0.2, -0.15) is 0 Å². The van der Waals surface area contributed by atoms with Crippen molar-refractivity contribution in [2.75, 3.05) is 11.1 Å². The number of fused-ring (bicyclic) bond motifs is 1. The normalized spacial score (nSPS) is 11.4. The molecule has 0 bridgehead atoms. The third-order valence-corrected chi connectivity index (χ3v) is 4.75. The van der Waals surface area contributed by atoms with Gasteiger partial charge in [0.25, 0.3) is 0 Å². The lowest BCUT2D eigenvalue weighted by atomic mass is 10.1. The van der Waals surface area contributed by atoms with E-state index in [2.05, 4.69) is 16.9 Å². The maximum atomic E-state index is 11.8. The van der Waals surface area contributed by atoms with Crippen LogP contribution in [0.5, 0.6) is 0 Å². The molecule has 0 saturated heterocycles. The van der Waals surface area contributed by atoms with Crippen LogP contribution in [0.2, 0.25) is 5.02 Å². The van der Waals surface area contributed by atoms with Crippen molar-refractivity contribution in [2.24, 2.45) is 0 Å². The molecule has 0 saturated carbocycles. The summed E-state index contributed by atoms with van der Waals surface area (Å²) in [4.78, 5) is 16.1. The Morgan fingerprint density at radius 2 is 2.09 bits per heavy atom. The number of sulfone groups is 1. The Bertz CT molecular complexity index is 847. The smallest absolute Gasteiger partial charge is 0.226 e. The van der Waals surface area contributed by atoms with Crippen molar-refractivity contribution < 1.29 is 13.2 Å². The number of amides is 1.